The molecule has 1 saturated heterocycles. The molecule has 7 heteroatoms. The van der Waals surface area contributed by atoms with Crippen molar-refractivity contribution in [3.8, 4) is 17.7 Å². The Morgan fingerprint density at radius 2 is 2.11 bits per heavy atom. The zero-order valence-corrected chi connectivity index (χ0v) is 10.1. The Labute approximate surface area is 109 Å². The minimum Gasteiger partial charge on any atom is -0.378 e. The highest BCUT2D eigenvalue weighted by molar-refractivity contribution is 5.50. The number of nitriles is 1. The molecule has 3 heterocycles. The molecule has 0 unspecified atom stereocenters. The van der Waals surface area contributed by atoms with E-state index in [4.69, 9.17) is 14.5 Å². The fourth-order valence-electron chi connectivity index (χ4n) is 1.80. The van der Waals surface area contributed by atoms with Gasteiger partial charge in [0.1, 0.15) is 11.8 Å². The van der Waals surface area contributed by atoms with Crippen LogP contribution in [-0.2, 0) is 4.74 Å². The summed E-state index contributed by atoms with van der Waals surface area (Å²) in [6.45, 7) is 2.83. The van der Waals surface area contributed by atoms with Crippen molar-refractivity contribution in [2.75, 3.05) is 31.2 Å². The number of rotatable bonds is 2. The highest BCUT2D eigenvalue weighted by atomic mass is 16.5. The number of ether oxygens (including phenoxy) is 1. The average Bonchev–Trinajstić information content (AvgIpc) is 2.98. The van der Waals surface area contributed by atoms with Crippen LogP contribution in [0.15, 0.2) is 22.9 Å². The summed E-state index contributed by atoms with van der Waals surface area (Å²) in [5, 5.41) is 12.7. The van der Waals surface area contributed by atoms with Gasteiger partial charge in [0, 0.05) is 19.3 Å². The van der Waals surface area contributed by atoms with Crippen LogP contribution in [0, 0.1) is 11.3 Å². The molecule has 7 nitrogen and oxygen atoms in total. The van der Waals surface area contributed by atoms with Crippen LogP contribution in [0.25, 0.3) is 11.6 Å². The third kappa shape index (κ3) is 2.39. The van der Waals surface area contributed by atoms with Crippen molar-refractivity contribution in [2.45, 2.75) is 0 Å². The molecule has 19 heavy (non-hydrogen) atoms. The molecular formula is C12H11N5O2. The van der Waals surface area contributed by atoms with Crippen LogP contribution in [0.2, 0.25) is 0 Å². The minimum absolute atomic E-state index is 0.353. The molecule has 2 aromatic rings. The lowest BCUT2D eigenvalue weighted by atomic mass is 10.3. The largest absolute Gasteiger partial charge is 0.378 e. The summed E-state index contributed by atoms with van der Waals surface area (Å²) in [6, 6.07) is 5.37. The Hall–Kier alpha value is -2.46. The topological polar surface area (TPSA) is 88.1 Å². The van der Waals surface area contributed by atoms with E-state index in [0.29, 0.717) is 36.3 Å². The van der Waals surface area contributed by atoms with E-state index in [9.17, 15) is 0 Å². The van der Waals surface area contributed by atoms with Gasteiger partial charge in [0.25, 0.3) is 11.8 Å². The molecule has 96 valence electrons. The van der Waals surface area contributed by atoms with Crippen molar-refractivity contribution in [2.24, 2.45) is 0 Å². The number of hydrogen-bond acceptors (Lipinski definition) is 7. The summed E-state index contributed by atoms with van der Waals surface area (Å²) in [4.78, 5) is 10.4. The Bertz CT molecular complexity index is 595. The summed E-state index contributed by atoms with van der Waals surface area (Å²) in [5.41, 5.74) is 1.06. The second-order valence-corrected chi connectivity index (χ2v) is 4.04. The van der Waals surface area contributed by atoms with Gasteiger partial charge in [-0.15, -0.1) is 0 Å². The number of hydrogen-bond donors (Lipinski definition) is 0. The lowest BCUT2D eigenvalue weighted by molar-refractivity contribution is 0.121. The van der Waals surface area contributed by atoms with Gasteiger partial charge in [0.05, 0.1) is 18.8 Å². The molecule has 0 aliphatic carbocycles. The van der Waals surface area contributed by atoms with Crippen LogP contribution in [0.4, 0.5) is 5.95 Å². The van der Waals surface area contributed by atoms with Gasteiger partial charge >= 0.3 is 0 Å². The predicted octanol–water partition coefficient (Wildman–Crippen LogP) is 0.840. The van der Waals surface area contributed by atoms with Gasteiger partial charge in [-0.1, -0.05) is 0 Å². The van der Waals surface area contributed by atoms with Crippen LogP contribution in [0.1, 0.15) is 5.56 Å². The van der Waals surface area contributed by atoms with E-state index in [1.54, 1.807) is 12.1 Å². The molecule has 0 atom stereocenters. The second-order valence-electron chi connectivity index (χ2n) is 4.04. The Morgan fingerprint density at radius 3 is 2.79 bits per heavy atom. The second kappa shape index (κ2) is 5.04. The van der Waals surface area contributed by atoms with Crippen LogP contribution in [0.3, 0.4) is 0 Å². The van der Waals surface area contributed by atoms with Gasteiger partial charge in [-0.25, -0.2) is 4.98 Å². The first kappa shape index (κ1) is 11.6. The predicted molar refractivity (Wildman–Crippen MR) is 65.3 cm³/mol. The van der Waals surface area contributed by atoms with Crippen LogP contribution in [-0.4, -0.2) is 41.4 Å². The number of morpholine rings is 1. The average molecular weight is 257 g/mol. The van der Waals surface area contributed by atoms with Gasteiger partial charge in [0.15, 0.2) is 0 Å². The van der Waals surface area contributed by atoms with Crippen LogP contribution < -0.4 is 4.90 Å². The quantitative estimate of drug-likeness (QED) is 0.787. The van der Waals surface area contributed by atoms with Crippen LogP contribution >= 0.6 is 0 Å². The van der Waals surface area contributed by atoms with E-state index in [1.807, 2.05) is 11.0 Å². The highest BCUT2D eigenvalue weighted by Crippen LogP contribution is 2.19. The van der Waals surface area contributed by atoms with Crippen molar-refractivity contribution in [1.82, 2.24) is 15.1 Å². The van der Waals surface area contributed by atoms with Crippen LogP contribution in [0.5, 0.6) is 0 Å². The van der Waals surface area contributed by atoms with E-state index in [1.165, 1.54) is 6.20 Å². The minimum atomic E-state index is 0.353. The molecule has 0 bridgehead atoms. The molecule has 0 spiro atoms. The standard InChI is InChI=1S/C12H11N5O2/c13-7-9-1-2-10(14-8-9)11-15-12(16-19-11)17-3-5-18-6-4-17/h1-2,8H,3-6H2. The summed E-state index contributed by atoms with van der Waals surface area (Å²) < 4.78 is 10.5. The fraction of sp³-hybridized carbons (Fsp3) is 0.333. The summed E-state index contributed by atoms with van der Waals surface area (Å²) >= 11 is 0. The van der Waals surface area contributed by atoms with Gasteiger partial charge in [-0.3, -0.25) is 0 Å². The van der Waals surface area contributed by atoms with Gasteiger partial charge in [0.2, 0.25) is 0 Å². The van der Waals surface area contributed by atoms with Crippen molar-refractivity contribution in [1.29, 1.82) is 5.26 Å². The molecule has 0 aromatic carbocycles. The van der Waals surface area contributed by atoms with Gasteiger partial charge in [-0.2, -0.15) is 10.2 Å². The number of aromatic nitrogens is 3. The lowest BCUT2D eigenvalue weighted by Gasteiger charge is -2.24. The maximum Gasteiger partial charge on any atom is 0.278 e. The first-order valence-electron chi connectivity index (χ1n) is 5.90. The van der Waals surface area contributed by atoms with E-state index < -0.39 is 0 Å². The molecule has 0 N–H and O–H groups in total. The van der Waals surface area contributed by atoms with Gasteiger partial charge in [-0.05, 0) is 17.3 Å². The highest BCUT2D eigenvalue weighted by Gasteiger charge is 2.18. The Kier molecular flexibility index (Phi) is 3.08. The zero-order valence-electron chi connectivity index (χ0n) is 10.1. The summed E-state index contributed by atoms with van der Waals surface area (Å²) in [7, 11) is 0. The monoisotopic (exact) mass is 257 g/mol. The zero-order chi connectivity index (χ0) is 13.1. The fourth-order valence-corrected chi connectivity index (χ4v) is 1.80. The number of nitrogens with zero attached hydrogens (tertiary/aromatic N) is 5. The molecule has 0 radical (unpaired) electrons. The van der Waals surface area contributed by atoms with E-state index in [2.05, 4.69) is 15.1 Å². The molecule has 1 fully saturated rings. The number of anilines is 1. The lowest BCUT2D eigenvalue weighted by Crippen LogP contribution is -2.36. The summed E-state index contributed by atoms with van der Waals surface area (Å²) in [5.74, 6) is 0.899. The Morgan fingerprint density at radius 1 is 1.26 bits per heavy atom. The van der Waals surface area contributed by atoms with E-state index in [-0.39, 0.29) is 0 Å². The van der Waals surface area contributed by atoms with Crippen molar-refractivity contribution < 1.29 is 9.26 Å². The van der Waals surface area contributed by atoms with Crippen molar-refractivity contribution >= 4 is 5.95 Å². The number of pyridine rings is 1. The van der Waals surface area contributed by atoms with Crippen molar-refractivity contribution in [3.63, 3.8) is 0 Å². The van der Waals surface area contributed by atoms with E-state index >= 15 is 0 Å². The smallest absolute Gasteiger partial charge is 0.278 e. The molecule has 0 amide bonds. The normalized spacial score (nSPS) is 15.2. The third-order valence-corrected chi connectivity index (χ3v) is 2.82. The van der Waals surface area contributed by atoms with Crippen molar-refractivity contribution in [3.05, 3.63) is 23.9 Å². The first-order chi connectivity index (χ1) is 9.36. The molecule has 1 aliphatic rings. The molecule has 3 rings (SSSR count). The maximum atomic E-state index is 8.71. The third-order valence-electron chi connectivity index (χ3n) is 2.82. The Balaban J connectivity index is 1.81. The van der Waals surface area contributed by atoms with E-state index in [0.717, 1.165) is 13.1 Å². The maximum absolute atomic E-state index is 8.71. The molecule has 1 aliphatic heterocycles. The van der Waals surface area contributed by atoms with Gasteiger partial charge < -0.3 is 14.2 Å². The molecule has 2 aromatic heterocycles. The molecular weight excluding hydrogens is 246 g/mol. The SMILES string of the molecule is N#Cc1ccc(-c2nc(N3CCOCC3)no2)nc1. The summed E-state index contributed by atoms with van der Waals surface area (Å²) in [6.07, 6.45) is 1.48. The molecule has 0 saturated carbocycles. The first-order valence-corrected chi connectivity index (χ1v) is 5.90.